The van der Waals surface area contributed by atoms with Gasteiger partial charge in [0.25, 0.3) is 0 Å². The molecule has 3 rings (SSSR count). The van der Waals surface area contributed by atoms with E-state index in [4.69, 9.17) is 28.9 Å². The van der Waals surface area contributed by atoms with Crippen molar-refractivity contribution in [1.29, 1.82) is 0 Å². The van der Waals surface area contributed by atoms with Crippen LogP contribution in [0.2, 0.25) is 10.0 Å². The van der Waals surface area contributed by atoms with Crippen LogP contribution >= 0.6 is 23.2 Å². The fourth-order valence-corrected chi connectivity index (χ4v) is 5.64. The number of nitrogens with two attached hydrogens (primary N) is 1. The number of aromatic nitrogens is 2. The van der Waals surface area contributed by atoms with Crippen molar-refractivity contribution in [2.75, 3.05) is 30.7 Å². The third-order valence-electron chi connectivity index (χ3n) is 5.49. The number of benzene rings is 1. The number of aromatic amines is 1. The summed E-state index contributed by atoms with van der Waals surface area (Å²) in [4.78, 5) is 21.0. The van der Waals surface area contributed by atoms with Crippen LogP contribution in [-0.4, -0.2) is 50.0 Å². The smallest absolute Gasteiger partial charge is 0.330 e. The molecule has 1 fully saturated rings. The molecule has 1 aliphatic heterocycles. The number of hydrogen-bond donors (Lipinski definition) is 5. The van der Waals surface area contributed by atoms with Crippen LogP contribution in [0.4, 0.5) is 11.6 Å². The largest absolute Gasteiger partial charge is 0.396 e. The van der Waals surface area contributed by atoms with Crippen LogP contribution in [0.1, 0.15) is 38.5 Å². The number of H-pyrrole nitrogens is 1. The number of halogens is 2. The lowest BCUT2D eigenvalue weighted by Crippen LogP contribution is -3.16. The van der Waals surface area contributed by atoms with Gasteiger partial charge in [-0.15, -0.1) is 0 Å². The van der Waals surface area contributed by atoms with Crippen molar-refractivity contribution >= 4 is 50.8 Å². The average molecular weight is 504 g/mol. The monoisotopic (exact) mass is 503 g/mol. The summed E-state index contributed by atoms with van der Waals surface area (Å²) < 4.78 is 28.7. The van der Waals surface area contributed by atoms with Crippen molar-refractivity contribution < 1.29 is 18.1 Å². The summed E-state index contributed by atoms with van der Waals surface area (Å²) in [6.45, 7) is 1.95. The molecule has 2 aromatic rings. The summed E-state index contributed by atoms with van der Waals surface area (Å²) in [6, 6.07) is 1.61. The summed E-state index contributed by atoms with van der Waals surface area (Å²) in [7, 11) is -4.04. The molecule has 0 radical (unpaired) electrons. The number of rotatable bonds is 9. The van der Waals surface area contributed by atoms with Gasteiger partial charge in [0.2, 0.25) is 10.0 Å². The molecule has 1 amide bonds. The van der Waals surface area contributed by atoms with E-state index < -0.39 is 16.1 Å². The highest BCUT2D eigenvalue weighted by Gasteiger charge is 2.33. The standard InChI is InChI=1S/C20H28Cl2N6O3S/c21-15-12-14(13-16(22)18(15)23)32(30,31)27-17(6-5-7-24-20-25-8-9-26-20)19(29)28-10-3-1-2-4-11-28/h8-9,12-13,17,27H,1-7,10-11,23H2,(H2,24,25,26)/p+1/t17-/m0/s1. The second-order valence-corrected chi connectivity index (χ2v) is 10.4. The number of carbonyl (C=O) groups excluding carboxylic acids is 1. The molecule has 1 aliphatic rings. The zero-order chi connectivity index (χ0) is 23.1. The minimum absolute atomic E-state index is 0.0431. The molecule has 0 bridgehead atoms. The number of nitrogens with one attached hydrogen (secondary N) is 4. The zero-order valence-electron chi connectivity index (χ0n) is 17.7. The Labute approximate surface area is 198 Å². The first-order chi connectivity index (χ1) is 15.3. The zero-order valence-corrected chi connectivity index (χ0v) is 20.0. The highest BCUT2D eigenvalue weighted by molar-refractivity contribution is 7.89. The SMILES string of the molecule is Nc1c(Cl)cc(S(=O)(=O)N[C@@H](CCCNc2ncc[nH]2)C(=O)[NH+]2CCCCCC2)cc1Cl. The van der Waals surface area contributed by atoms with E-state index in [1.807, 2.05) is 0 Å². The Morgan fingerprint density at radius 3 is 2.44 bits per heavy atom. The molecule has 1 aromatic carbocycles. The van der Waals surface area contributed by atoms with E-state index in [0.29, 0.717) is 38.4 Å². The predicted octanol–water partition coefficient (Wildman–Crippen LogP) is 1.82. The molecule has 32 heavy (non-hydrogen) atoms. The molecule has 0 saturated carbocycles. The van der Waals surface area contributed by atoms with Crippen molar-refractivity contribution in [3.8, 4) is 0 Å². The van der Waals surface area contributed by atoms with Gasteiger partial charge in [-0.05, 0) is 50.7 Å². The molecular weight excluding hydrogens is 475 g/mol. The van der Waals surface area contributed by atoms with Crippen LogP contribution in [0.25, 0.3) is 0 Å². The number of anilines is 2. The van der Waals surface area contributed by atoms with E-state index in [9.17, 15) is 13.2 Å². The topological polar surface area (TPSA) is 134 Å². The van der Waals surface area contributed by atoms with Crippen LogP contribution in [-0.2, 0) is 14.8 Å². The van der Waals surface area contributed by atoms with Gasteiger partial charge < -0.3 is 16.0 Å². The van der Waals surface area contributed by atoms with Gasteiger partial charge in [-0.25, -0.2) is 18.2 Å². The molecular formula is C20H29Cl2N6O3S+. The number of imidazole rings is 1. The second-order valence-electron chi connectivity index (χ2n) is 7.86. The number of hydrogen-bond acceptors (Lipinski definition) is 6. The Balaban J connectivity index is 1.74. The lowest BCUT2D eigenvalue weighted by molar-refractivity contribution is -0.820. The third kappa shape index (κ3) is 6.58. The van der Waals surface area contributed by atoms with Crippen molar-refractivity contribution in [2.45, 2.75) is 49.5 Å². The quantitative estimate of drug-likeness (QED) is 0.261. The van der Waals surface area contributed by atoms with Gasteiger partial charge in [0.15, 0.2) is 5.95 Å². The van der Waals surface area contributed by atoms with E-state index in [-0.39, 0.29) is 26.5 Å². The molecule has 9 nitrogen and oxygen atoms in total. The summed E-state index contributed by atoms with van der Waals surface area (Å²) in [6.07, 6.45) is 8.31. The van der Waals surface area contributed by atoms with E-state index >= 15 is 0 Å². The number of quaternary nitrogens is 1. The second kappa shape index (κ2) is 11.3. The Bertz CT molecular complexity index is 985. The van der Waals surface area contributed by atoms with Crippen molar-refractivity contribution in [2.24, 2.45) is 0 Å². The predicted molar refractivity (Wildman–Crippen MR) is 125 cm³/mol. The first-order valence-electron chi connectivity index (χ1n) is 10.7. The van der Waals surface area contributed by atoms with Gasteiger partial charge in [0, 0.05) is 18.9 Å². The van der Waals surface area contributed by atoms with Gasteiger partial charge >= 0.3 is 5.91 Å². The van der Waals surface area contributed by atoms with Crippen molar-refractivity contribution in [3.63, 3.8) is 0 Å². The van der Waals surface area contributed by atoms with Crippen molar-refractivity contribution in [3.05, 3.63) is 34.6 Å². The summed E-state index contributed by atoms with van der Waals surface area (Å²) >= 11 is 12.1. The summed E-state index contributed by atoms with van der Waals surface area (Å²) in [5.41, 5.74) is 5.84. The van der Waals surface area contributed by atoms with E-state index in [1.54, 1.807) is 12.4 Å². The molecule has 0 unspecified atom stereocenters. The number of carbonyl (C=O) groups is 1. The third-order valence-corrected chi connectivity index (χ3v) is 7.57. The highest BCUT2D eigenvalue weighted by atomic mass is 35.5. The maximum absolute atomic E-state index is 13.3. The molecule has 0 spiro atoms. The lowest BCUT2D eigenvalue weighted by Gasteiger charge is -2.22. The fourth-order valence-electron chi connectivity index (χ4n) is 3.74. The Hall–Kier alpha value is -1.85. The number of nitrogens with zero attached hydrogens (tertiary/aromatic N) is 1. The average Bonchev–Trinajstić information content (AvgIpc) is 3.13. The molecule has 1 atom stereocenters. The first-order valence-corrected chi connectivity index (χ1v) is 12.9. The van der Waals surface area contributed by atoms with Gasteiger partial charge in [-0.2, -0.15) is 4.72 Å². The summed E-state index contributed by atoms with van der Waals surface area (Å²) in [5.74, 6) is 0.485. The minimum Gasteiger partial charge on any atom is -0.396 e. The number of sulfonamides is 1. The number of likely N-dealkylation sites (tertiary alicyclic amines) is 1. The van der Waals surface area contributed by atoms with Gasteiger partial charge in [0.1, 0.15) is 6.04 Å². The number of nitrogen functional groups attached to an aromatic ring is 1. The Kier molecular flexibility index (Phi) is 8.78. The number of amides is 1. The molecule has 0 aliphatic carbocycles. The van der Waals surface area contributed by atoms with Gasteiger partial charge in [-0.3, -0.25) is 4.90 Å². The van der Waals surface area contributed by atoms with Crippen LogP contribution in [0.3, 0.4) is 0 Å². The maximum Gasteiger partial charge on any atom is 0.330 e. The Morgan fingerprint density at radius 1 is 1.19 bits per heavy atom. The minimum atomic E-state index is -4.04. The molecule has 2 heterocycles. The molecule has 12 heteroatoms. The van der Waals surface area contributed by atoms with E-state index in [2.05, 4.69) is 20.0 Å². The van der Waals surface area contributed by atoms with Crippen LogP contribution in [0.5, 0.6) is 0 Å². The van der Waals surface area contributed by atoms with E-state index in [0.717, 1.165) is 30.6 Å². The Morgan fingerprint density at radius 2 is 1.84 bits per heavy atom. The highest BCUT2D eigenvalue weighted by Crippen LogP contribution is 2.30. The summed E-state index contributed by atoms with van der Waals surface area (Å²) in [5, 5.41) is 3.20. The lowest BCUT2D eigenvalue weighted by atomic mass is 10.1. The van der Waals surface area contributed by atoms with Gasteiger partial charge in [0.05, 0.1) is 33.7 Å². The molecule has 1 saturated heterocycles. The van der Waals surface area contributed by atoms with Crippen LogP contribution < -0.4 is 20.7 Å². The molecule has 6 N–H and O–H groups in total. The fraction of sp³-hybridized carbons (Fsp3) is 0.500. The first kappa shape index (κ1) is 24.8. The molecule has 1 aromatic heterocycles. The van der Waals surface area contributed by atoms with Crippen LogP contribution in [0.15, 0.2) is 29.4 Å². The molecule has 176 valence electrons. The van der Waals surface area contributed by atoms with Crippen molar-refractivity contribution in [1.82, 2.24) is 14.7 Å². The maximum atomic E-state index is 13.3. The normalized spacial score (nSPS) is 16.4. The van der Waals surface area contributed by atoms with Crippen LogP contribution in [0, 0.1) is 0 Å². The van der Waals surface area contributed by atoms with E-state index in [1.165, 1.54) is 12.1 Å². The van der Waals surface area contributed by atoms with Gasteiger partial charge in [-0.1, -0.05) is 23.2 Å².